The van der Waals surface area contributed by atoms with Gasteiger partial charge in [0.15, 0.2) is 0 Å². The molecule has 1 aliphatic rings. The van der Waals surface area contributed by atoms with E-state index in [-0.39, 0.29) is 11.9 Å². The molecule has 4 rings (SSSR count). The third-order valence-electron chi connectivity index (χ3n) is 5.90. The first-order chi connectivity index (χ1) is 15.6. The number of aryl methyl sites for hydroxylation is 1. The average molecular weight is 428 g/mol. The summed E-state index contributed by atoms with van der Waals surface area (Å²) >= 11 is 0. The lowest BCUT2D eigenvalue weighted by Gasteiger charge is -2.36. The van der Waals surface area contributed by atoms with Crippen LogP contribution in [0.2, 0.25) is 0 Å². The highest BCUT2D eigenvalue weighted by molar-refractivity contribution is 5.98. The van der Waals surface area contributed by atoms with Crippen LogP contribution < -0.4 is 10.2 Å². The van der Waals surface area contributed by atoms with Crippen molar-refractivity contribution in [2.24, 2.45) is 0 Å². The van der Waals surface area contributed by atoms with Crippen LogP contribution in [-0.2, 0) is 13.0 Å². The van der Waals surface area contributed by atoms with E-state index in [9.17, 15) is 9.59 Å². The van der Waals surface area contributed by atoms with Crippen molar-refractivity contribution >= 4 is 17.6 Å². The summed E-state index contributed by atoms with van der Waals surface area (Å²) in [7, 11) is 0. The molecule has 0 saturated carbocycles. The van der Waals surface area contributed by atoms with Gasteiger partial charge < -0.3 is 10.2 Å². The minimum Gasteiger partial charge on any atom is -0.352 e. The van der Waals surface area contributed by atoms with E-state index in [4.69, 9.17) is 0 Å². The van der Waals surface area contributed by atoms with Crippen LogP contribution in [0.4, 0.5) is 10.5 Å². The number of nitrogens with zero attached hydrogens (tertiary/aromatic N) is 2. The van der Waals surface area contributed by atoms with Crippen molar-refractivity contribution in [2.45, 2.75) is 26.3 Å². The Morgan fingerprint density at radius 2 is 1.72 bits per heavy atom. The van der Waals surface area contributed by atoms with Crippen LogP contribution in [0.15, 0.2) is 78.9 Å². The molecule has 0 unspecified atom stereocenters. The number of anilines is 1. The molecule has 5 heteroatoms. The summed E-state index contributed by atoms with van der Waals surface area (Å²) in [5.74, 6) is -0.121. The predicted octanol–water partition coefficient (Wildman–Crippen LogP) is 4.80. The number of hydrogen-bond acceptors (Lipinski definition) is 2. The quantitative estimate of drug-likeness (QED) is 0.589. The van der Waals surface area contributed by atoms with E-state index >= 15 is 0 Å². The molecule has 0 radical (unpaired) electrons. The van der Waals surface area contributed by atoms with Gasteiger partial charge in [0, 0.05) is 37.4 Å². The van der Waals surface area contributed by atoms with E-state index in [0.717, 1.165) is 30.6 Å². The Balaban J connectivity index is 1.41. The normalized spacial score (nSPS) is 13.8. The molecule has 1 fully saturated rings. The molecule has 1 heterocycles. The largest absolute Gasteiger partial charge is 0.352 e. The SMILES string of the molecule is Cc1ccccc1CN1CCCN(c2cccc(C(=O)NCCc3ccccc3)c2)C1=O. The second-order valence-electron chi connectivity index (χ2n) is 8.18. The Bertz CT molecular complexity index is 1080. The third kappa shape index (κ3) is 5.17. The lowest BCUT2D eigenvalue weighted by molar-refractivity contribution is 0.0954. The van der Waals surface area contributed by atoms with Gasteiger partial charge in [-0.1, -0.05) is 60.7 Å². The Hall–Kier alpha value is -3.60. The van der Waals surface area contributed by atoms with Gasteiger partial charge in [-0.05, 0) is 54.7 Å². The zero-order valence-corrected chi connectivity index (χ0v) is 18.5. The van der Waals surface area contributed by atoms with Gasteiger partial charge in [-0.3, -0.25) is 9.69 Å². The topological polar surface area (TPSA) is 52.6 Å². The van der Waals surface area contributed by atoms with Crippen molar-refractivity contribution in [2.75, 3.05) is 24.5 Å². The number of hydrogen-bond donors (Lipinski definition) is 1. The highest BCUT2D eigenvalue weighted by Crippen LogP contribution is 2.23. The van der Waals surface area contributed by atoms with Crippen molar-refractivity contribution in [3.8, 4) is 0 Å². The molecular formula is C27H29N3O2. The van der Waals surface area contributed by atoms with Crippen molar-refractivity contribution in [1.29, 1.82) is 0 Å². The Labute approximate surface area is 189 Å². The maximum absolute atomic E-state index is 13.2. The van der Waals surface area contributed by atoms with Gasteiger partial charge in [-0.25, -0.2) is 4.79 Å². The molecule has 3 aromatic rings. The zero-order chi connectivity index (χ0) is 22.3. The number of urea groups is 1. The Morgan fingerprint density at radius 3 is 2.53 bits per heavy atom. The third-order valence-corrected chi connectivity index (χ3v) is 5.90. The number of nitrogens with one attached hydrogen (secondary N) is 1. The van der Waals surface area contributed by atoms with Gasteiger partial charge in [-0.2, -0.15) is 0 Å². The highest BCUT2D eigenvalue weighted by atomic mass is 16.2. The molecule has 0 aliphatic carbocycles. The summed E-state index contributed by atoms with van der Waals surface area (Å²) in [5.41, 5.74) is 4.87. The standard InChI is InChI=1S/C27H29N3O2/c1-21-9-5-6-12-24(21)20-29-17-8-18-30(27(29)32)25-14-7-13-23(19-25)26(31)28-16-15-22-10-3-2-4-11-22/h2-7,9-14,19H,8,15-18,20H2,1H3,(H,28,31). The maximum Gasteiger partial charge on any atom is 0.324 e. The van der Waals surface area contributed by atoms with Crippen LogP contribution in [0.1, 0.15) is 33.5 Å². The molecule has 32 heavy (non-hydrogen) atoms. The van der Waals surface area contributed by atoms with Crippen molar-refractivity contribution in [3.63, 3.8) is 0 Å². The lowest BCUT2D eigenvalue weighted by Crippen LogP contribution is -2.49. The minimum absolute atomic E-state index is 0.0128. The van der Waals surface area contributed by atoms with Crippen molar-refractivity contribution < 1.29 is 9.59 Å². The first-order valence-electron chi connectivity index (χ1n) is 11.1. The number of rotatable bonds is 7. The number of benzene rings is 3. The highest BCUT2D eigenvalue weighted by Gasteiger charge is 2.27. The van der Waals surface area contributed by atoms with Crippen molar-refractivity contribution in [1.82, 2.24) is 10.2 Å². The van der Waals surface area contributed by atoms with Crippen LogP contribution in [0.5, 0.6) is 0 Å². The Morgan fingerprint density at radius 1 is 0.938 bits per heavy atom. The molecule has 3 amide bonds. The fourth-order valence-electron chi connectivity index (χ4n) is 4.04. The molecule has 0 aromatic heterocycles. The first-order valence-corrected chi connectivity index (χ1v) is 11.1. The van der Waals surface area contributed by atoms with E-state index < -0.39 is 0 Å². The monoisotopic (exact) mass is 427 g/mol. The van der Waals surface area contributed by atoms with E-state index in [0.29, 0.717) is 25.2 Å². The van der Waals surface area contributed by atoms with Crippen LogP contribution in [-0.4, -0.2) is 36.5 Å². The van der Waals surface area contributed by atoms with Gasteiger partial charge in [0.05, 0.1) is 0 Å². The summed E-state index contributed by atoms with van der Waals surface area (Å²) in [6.45, 7) is 4.63. The van der Waals surface area contributed by atoms with Crippen molar-refractivity contribution in [3.05, 3.63) is 101 Å². The molecule has 0 bridgehead atoms. The van der Waals surface area contributed by atoms with E-state index in [2.05, 4.69) is 36.5 Å². The van der Waals surface area contributed by atoms with E-state index in [1.165, 1.54) is 11.1 Å². The Kier molecular flexibility index (Phi) is 6.85. The molecule has 1 N–H and O–H groups in total. The predicted molar refractivity (Wildman–Crippen MR) is 128 cm³/mol. The summed E-state index contributed by atoms with van der Waals surface area (Å²) < 4.78 is 0. The van der Waals surface area contributed by atoms with Gasteiger partial charge >= 0.3 is 6.03 Å². The number of amides is 3. The van der Waals surface area contributed by atoms with Gasteiger partial charge in [-0.15, -0.1) is 0 Å². The van der Waals surface area contributed by atoms with Gasteiger partial charge in [0.1, 0.15) is 0 Å². The van der Waals surface area contributed by atoms with Crippen LogP contribution >= 0.6 is 0 Å². The molecular weight excluding hydrogens is 398 g/mol. The lowest BCUT2D eigenvalue weighted by atomic mass is 10.1. The molecule has 5 nitrogen and oxygen atoms in total. The second-order valence-corrected chi connectivity index (χ2v) is 8.18. The van der Waals surface area contributed by atoms with Crippen LogP contribution in [0.25, 0.3) is 0 Å². The summed E-state index contributed by atoms with van der Waals surface area (Å²) in [6.07, 6.45) is 1.68. The fraction of sp³-hybridized carbons (Fsp3) is 0.259. The number of carbonyl (C=O) groups excluding carboxylic acids is 2. The van der Waals surface area contributed by atoms with E-state index in [1.807, 2.05) is 53.4 Å². The van der Waals surface area contributed by atoms with Crippen LogP contribution in [0.3, 0.4) is 0 Å². The molecule has 3 aromatic carbocycles. The van der Waals surface area contributed by atoms with Gasteiger partial charge in [0.25, 0.3) is 5.91 Å². The molecule has 1 saturated heterocycles. The first kappa shape index (κ1) is 21.6. The smallest absolute Gasteiger partial charge is 0.324 e. The summed E-state index contributed by atoms with van der Waals surface area (Å²) in [6, 6.07) is 25.6. The fourth-order valence-corrected chi connectivity index (χ4v) is 4.04. The molecule has 0 spiro atoms. The minimum atomic E-state index is -0.121. The van der Waals surface area contributed by atoms with Gasteiger partial charge in [0.2, 0.25) is 0 Å². The summed E-state index contributed by atoms with van der Waals surface area (Å²) in [5, 5.41) is 2.98. The number of carbonyl (C=O) groups is 2. The second kappa shape index (κ2) is 10.1. The average Bonchev–Trinajstić information content (AvgIpc) is 2.82. The molecule has 1 aliphatic heterocycles. The summed E-state index contributed by atoms with van der Waals surface area (Å²) in [4.78, 5) is 29.5. The molecule has 0 atom stereocenters. The van der Waals surface area contributed by atoms with Crippen LogP contribution in [0, 0.1) is 6.92 Å². The zero-order valence-electron chi connectivity index (χ0n) is 18.5. The molecule has 164 valence electrons. The maximum atomic E-state index is 13.2. The van der Waals surface area contributed by atoms with E-state index in [1.54, 1.807) is 11.0 Å².